The van der Waals surface area contributed by atoms with Crippen LogP contribution in [0.4, 0.5) is 0 Å². The van der Waals surface area contributed by atoms with Crippen molar-refractivity contribution in [1.29, 1.82) is 0 Å². The van der Waals surface area contributed by atoms with Gasteiger partial charge in [0.25, 0.3) is 0 Å². The predicted octanol–water partition coefficient (Wildman–Crippen LogP) is 2.21. The van der Waals surface area contributed by atoms with E-state index in [1.165, 1.54) is 11.8 Å². The molecule has 76 valence electrons. The number of hydrogen-bond donors (Lipinski definition) is 0. The molecule has 0 aromatic carbocycles. The summed E-state index contributed by atoms with van der Waals surface area (Å²) in [7, 11) is 0. The highest BCUT2D eigenvalue weighted by Crippen LogP contribution is 2.21. The Labute approximate surface area is 95.1 Å². The molecule has 0 N–H and O–H groups in total. The second kappa shape index (κ2) is 4.12. The maximum absolute atomic E-state index is 10.6. The van der Waals surface area contributed by atoms with Crippen LogP contribution in [-0.4, -0.2) is 27.5 Å². The van der Waals surface area contributed by atoms with Gasteiger partial charge >= 0.3 is 0 Å². The maximum Gasteiger partial charge on any atom is 0.187 e. The Morgan fingerprint density at radius 3 is 2.93 bits per heavy atom. The van der Waals surface area contributed by atoms with E-state index in [1.807, 2.05) is 6.26 Å². The van der Waals surface area contributed by atoms with Crippen LogP contribution in [0.3, 0.4) is 0 Å². The Morgan fingerprint density at radius 2 is 2.27 bits per heavy atom. The number of halogens is 1. The summed E-state index contributed by atoms with van der Waals surface area (Å²) in [6.07, 6.45) is 4.16. The molecule has 2 aromatic heterocycles. The summed E-state index contributed by atoms with van der Waals surface area (Å²) >= 11 is 7.32. The van der Waals surface area contributed by atoms with Gasteiger partial charge in [-0.3, -0.25) is 4.79 Å². The number of hydrogen-bond acceptors (Lipinski definition) is 5. The zero-order valence-electron chi connectivity index (χ0n) is 7.77. The number of aldehydes is 1. The minimum Gasteiger partial charge on any atom is -0.296 e. The smallest absolute Gasteiger partial charge is 0.187 e. The molecule has 0 atom stereocenters. The Hall–Kier alpha value is -1.20. The molecule has 6 heteroatoms. The van der Waals surface area contributed by atoms with Crippen molar-refractivity contribution >= 4 is 40.6 Å². The van der Waals surface area contributed by atoms with Crippen LogP contribution in [-0.2, 0) is 0 Å². The van der Waals surface area contributed by atoms with Crippen molar-refractivity contribution in [3.05, 3.63) is 23.1 Å². The molecule has 0 aliphatic rings. The van der Waals surface area contributed by atoms with Gasteiger partial charge < -0.3 is 0 Å². The fourth-order valence-electron chi connectivity index (χ4n) is 1.16. The van der Waals surface area contributed by atoms with E-state index < -0.39 is 0 Å². The SMILES string of the molecule is CSc1ncc2cc(C=O)nc(Cl)c2n1. The standard InChI is InChI=1S/C9H6ClN3OS/c1-15-9-11-3-5-2-6(4-14)12-8(10)7(5)13-9/h2-4H,1H3. The monoisotopic (exact) mass is 239 g/mol. The fraction of sp³-hybridized carbons (Fsp3) is 0.111. The quantitative estimate of drug-likeness (QED) is 0.348. The lowest BCUT2D eigenvalue weighted by atomic mass is 10.3. The molecule has 0 spiro atoms. The van der Waals surface area contributed by atoms with Gasteiger partial charge in [-0.15, -0.1) is 0 Å². The van der Waals surface area contributed by atoms with E-state index in [-0.39, 0.29) is 10.8 Å². The molecule has 2 rings (SSSR count). The van der Waals surface area contributed by atoms with E-state index in [1.54, 1.807) is 12.3 Å². The summed E-state index contributed by atoms with van der Waals surface area (Å²) in [6.45, 7) is 0. The number of carbonyl (C=O) groups is 1. The summed E-state index contributed by atoms with van der Waals surface area (Å²) in [4.78, 5) is 22.8. The molecule has 0 saturated carbocycles. The van der Waals surface area contributed by atoms with Crippen LogP contribution in [0.5, 0.6) is 0 Å². The number of rotatable bonds is 2. The summed E-state index contributed by atoms with van der Waals surface area (Å²) in [5, 5.41) is 1.58. The average Bonchev–Trinajstić information content (AvgIpc) is 2.28. The van der Waals surface area contributed by atoms with Gasteiger partial charge in [-0.1, -0.05) is 23.4 Å². The first-order valence-electron chi connectivity index (χ1n) is 4.07. The zero-order valence-corrected chi connectivity index (χ0v) is 9.34. The van der Waals surface area contributed by atoms with Crippen LogP contribution in [0.25, 0.3) is 10.9 Å². The lowest BCUT2D eigenvalue weighted by Gasteiger charge is -2.01. The van der Waals surface area contributed by atoms with Crippen molar-refractivity contribution in [2.24, 2.45) is 0 Å². The van der Waals surface area contributed by atoms with Gasteiger partial charge in [0.2, 0.25) is 0 Å². The Balaban J connectivity index is 2.73. The largest absolute Gasteiger partial charge is 0.296 e. The molecule has 2 heterocycles. The molecule has 0 aliphatic heterocycles. The van der Waals surface area contributed by atoms with Gasteiger partial charge in [0.15, 0.2) is 16.6 Å². The van der Waals surface area contributed by atoms with Crippen molar-refractivity contribution in [2.75, 3.05) is 6.26 Å². The van der Waals surface area contributed by atoms with E-state index in [0.717, 1.165) is 5.39 Å². The first-order chi connectivity index (χ1) is 7.24. The van der Waals surface area contributed by atoms with Crippen molar-refractivity contribution in [3.8, 4) is 0 Å². The molecule has 0 aliphatic carbocycles. The fourth-order valence-corrected chi connectivity index (χ4v) is 1.75. The van der Waals surface area contributed by atoms with E-state index in [9.17, 15) is 4.79 Å². The molecule has 0 fully saturated rings. The Morgan fingerprint density at radius 1 is 1.47 bits per heavy atom. The Kier molecular flexibility index (Phi) is 2.83. The van der Waals surface area contributed by atoms with Crippen molar-refractivity contribution in [3.63, 3.8) is 0 Å². The molecule has 0 unspecified atom stereocenters. The Bertz CT molecular complexity index is 532. The van der Waals surface area contributed by atoms with Gasteiger partial charge in [0.1, 0.15) is 11.2 Å². The first kappa shape index (κ1) is 10.3. The van der Waals surface area contributed by atoms with E-state index in [0.29, 0.717) is 17.0 Å². The van der Waals surface area contributed by atoms with E-state index in [4.69, 9.17) is 11.6 Å². The third-order valence-corrected chi connectivity index (χ3v) is 2.65. The molecule has 15 heavy (non-hydrogen) atoms. The molecule has 0 saturated heterocycles. The highest BCUT2D eigenvalue weighted by molar-refractivity contribution is 7.98. The minimum atomic E-state index is 0.229. The highest BCUT2D eigenvalue weighted by atomic mass is 35.5. The average molecular weight is 240 g/mol. The molecule has 0 amide bonds. The number of carbonyl (C=O) groups excluding carboxylic acids is 1. The van der Waals surface area contributed by atoms with E-state index >= 15 is 0 Å². The van der Waals surface area contributed by atoms with Crippen LogP contribution < -0.4 is 0 Å². The van der Waals surface area contributed by atoms with Crippen LogP contribution in [0.1, 0.15) is 10.5 Å². The number of nitrogens with zero attached hydrogens (tertiary/aromatic N) is 3. The highest BCUT2D eigenvalue weighted by Gasteiger charge is 2.06. The van der Waals surface area contributed by atoms with Crippen molar-refractivity contribution in [2.45, 2.75) is 5.16 Å². The second-order valence-electron chi connectivity index (χ2n) is 2.75. The third-order valence-electron chi connectivity index (χ3n) is 1.82. The minimum absolute atomic E-state index is 0.229. The lowest BCUT2D eigenvalue weighted by molar-refractivity contribution is 0.111. The summed E-state index contributed by atoms with van der Waals surface area (Å²) < 4.78 is 0. The number of pyridine rings is 1. The topological polar surface area (TPSA) is 55.7 Å². The predicted molar refractivity (Wildman–Crippen MR) is 59.5 cm³/mol. The molecule has 4 nitrogen and oxygen atoms in total. The maximum atomic E-state index is 10.6. The van der Waals surface area contributed by atoms with Crippen molar-refractivity contribution in [1.82, 2.24) is 15.0 Å². The van der Waals surface area contributed by atoms with Gasteiger partial charge in [-0.25, -0.2) is 15.0 Å². The lowest BCUT2D eigenvalue weighted by Crippen LogP contribution is -1.93. The van der Waals surface area contributed by atoms with Crippen LogP contribution in [0, 0.1) is 0 Å². The van der Waals surface area contributed by atoms with Gasteiger partial charge in [-0.05, 0) is 12.3 Å². The summed E-state index contributed by atoms with van der Waals surface area (Å²) in [6, 6.07) is 1.61. The van der Waals surface area contributed by atoms with Crippen LogP contribution in [0.2, 0.25) is 5.15 Å². The molecule has 0 radical (unpaired) electrons. The van der Waals surface area contributed by atoms with Gasteiger partial charge in [0, 0.05) is 11.6 Å². The number of fused-ring (bicyclic) bond motifs is 1. The zero-order chi connectivity index (χ0) is 10.8. The molecule has 0 bridgehead atoms. The number of aromatic nitrogens is 3. The van der Waals surface area contributed by atoms with Crippen LogP contribution in [0.15, 0.2) is 17.4 Å². The third kappa shape index (κ3) is 1.93. The molecular weight excluding hydrogens is 234 g/mol. The number of thioether (sulfide) groups is 1. The van der Waals surface area contributed by atoms with Gasteiger partial charge in [-0.2, -0.15) is 0 Å². The van der Waals surface area contributed by atoms with Crippen molar-refractivity contribution < 1.29 is 4.79 Å². The van der Waals surface area contributed by atoms with E-state index in [2.05, 4.69) is 15.0 Å². The van der Waals surface area contributed by atoms with Crippen LogP contribution >= 0.6 is 23.4 Å². The second-order valence-corrected chi connectivity index (χ2v) is 3.88. The normalized spacial score (nSPS) is 10.5. The summed E-state index contributed by atoms with van der Waals surface area (Å²) in [5.41, 5.74) is 0.856. The molecule has 2 aromatic rings. The first-order valence-corrected chi connectivity index (χ1v) is 5.67. The van der Waals surface area contributed by atoms with Gasteiger partial charge in [0.05, 0.1) is 0 Å². The summed E-state index contributed by atoms with van der Waals surface area (Å²) in [5.74, 6) is 0. The molecular formula is C9H6ClN3OS.